The Morgan fingerprint density at radius 3 is 2.21 bits per heavy atom. The molecule has 1 amide bonds. The highest BCUT2D eigenvalue weighted by Gasteiger charge is 2.42. The molecule has 1 aliphatic heterocycles. The van der Waals surface area contributed by atoms with Gasteiger partial charge in [-0.1, -0.05) is 121 Å². The molecule has 7 aromatic rings. The van der Waals surface area contributed by atoms with Crippen LogP contribution >= 0.6 is 0 Å². The summed E-state index contributed by atoms with van der Waals surface area (Å²) in [6, 6.07) is 49.2. The van der Waals surface area contributed by atoms with Crippen molar-refractivity contribution in [3.8, 4) is 11.5 Å². The van der Waals surface area contributed by atoms with E-state index in [1.54, 1.807) is 71.6 Å². The number of amides is 1. The molecule has 8 rings (SSSR count). The van der Waals surface area contributed by atoms with E-state index in [4.69, 9.17) is 9.47 Å². The van der Waals surface area contributed by atoms with Crippen molar-refractivity contribution in [2.24, 2.45) is 5.92 Å². The van der Waals surface area contributed by atoms with Gasteiger partial charge in [0, 0.05) is 48.8 Å². The Kier molecular flexibility index (Phi) is 15.8. The number of phenols is 1. The number of rotatable bonds is 20. The first-order chi connectivity index (χ1) is 33.1. The van der Waals surface area contributed by atoms with Crippen LogP contribution in [-0.2, 0) is 34.8 Å². The zero-order valence-corrected chi connectivity index (χ0v) is 38.0. The number of aliphatic hydroxyl groups is 2. The number of carbonyl (C=O) groups excluding carboxylic acids is 2. The van der Waals surface area contributed by atoms with Crippen LogP contribution in [0.3, 0.4) is 0 Å². The molecule has 0 aliphatic carbocycles. The first kappa shape index (κ1) is 47.4. The van der Waals surface area contributed by atoms with Gasteiger partial charge in [-0.05, 0) is 109 Å². The number of H-pyrrole nitrogens is 1. The summed E-state index contributed by atoms with van der Waals surface area (Å²) in [7, 11) is 0. The van der Waals surface area contributed by atoms with Crippen LogP contribution in [0.2, 0.25) is 0 Å². The quantitative estimate of drug-likeness (QED) is 0.0376. The van der Waals surface area contributed by atoms with Gasteiger partial charge in [0.15, 0.2) is 0 Å². The van der Waals surface area contributed by atoms with Crippen molar-refractivity contribution in [2.75, 3.05) is 39.3 Å². The third kappa shape index (κ3) is 11.9. The van der Waals surface area contributed by atoms with Crippen molar-refractivity contribution in [3.63, 3.8) is 0 Å². The Morgan fingerprint density at radius 1 is 0.779 bits per heavy atom. The van der Waals surface area contributed by atoms with Gasteiger partial charge in [0.1, 0.15) is 18.1 Å². The average molecular weight is 915 g/mol. The summed E-state index contributed by atoms with van der Waals surface area (Å²) in [6.45, 7) is 4.62. The van der Waals surface area contributed by atoms with Crippen molar-refractivity contribution in [1.29, 1.82) is 0 Å². The normalized spacial score (nSPS) is 14.5. The number of aromatic hydroxyl groups is 1. The number of aromatic amines is 1. The zero-order chi connectivity index (χ0) is 47.3. The van der Waals surface area contributed by atoms with Gasteiger partial charge in [0.2, 0.25) is 11.2 Å². The molecule has 1 saturated heterocycles. The zero-order valence-electron chi connectivity index (χ0n) is 38.0. The highest BCUT2D eigenvalue weighted by molar-refractivity contribution is 5.94. The fraction of sp³-hybridized carbons (Fsp3) is 0.268. The highest BCUT2D eigenvalue weighted by Crippen LogP contribution is 2.34. The molecule has 350 valence electrons. The van der Waals surface area contributed by atoms with Gasteiger partial charge in [-0.25, -0.2) is 4.79 Å². The number of ether oxygens (including phenoxy) is 2. The monoisotopic (exact) mass is 914 g/mol. The molecule has 0 radical (unpaired) electrons. The molecular weight excluding hydrogens is 857 g/mol. The van der Waals surface area contributed by atoms with Gasteiger partial charge in [-0.15, -0.1) is 0 Å². The molecule has 5 N–H and O–H groups in total. The van der Waals surface area contributed by atoms with Crippen molar-refractivity contribution < 1.29 is 34.4 Å². The lowest BCUT2D eigenvalue weighted by Gasteiger charge is -2.33. The molecule has 1 aliphatic rings. The summed E-state index contributed by atoms with van der Waals surface area (Å²) in [5.74, 6) is -0.338. The number of nitrogens with one attached hydrogen (secondary N) is 2. The maximum Gasteiger partial charge on any atom is 0.347 e. The van der Waals surface area contributed by atoms with Crippen LogP contribution in [0, 0.1) is 5.92 Å². The Hall–Kier alpha value is -7.09. The number of hydrogen-bond acceptors (Lipinski definition) is 10. The Bertz CT molecular complexity index is 2820. The van der Waals surface area contributed by atoms with Gasteiger partial charge in [-0.3, -0.25) is 14.5 Å². The topological polar surface area (TPSA) is 165 Å². The van der Waals surface area contributed by atoms with E-state index in [0.717, 1.165) is 43.6 Å². The molecule has 1 aromatic heterocycles. The van der Waals surface area contributed by atoms with Gasteiger partial charge in [0.25, 0.3) is 5.91 Å². The molecule has 0 bridgehead atoms. The lowest BCUT2D eigenvalue weighted by Crippen LogP contribution is -2.40. The molecule has 6 aromatic carbocycles. The minimum Gasteiger partial charge on any atom is -0.506 e. The molecule has 0 unspecified atom stereocenters. The summed E-state index contributed by atoms with van der Waals surface area (Å²) in [5, 5.41) is 37.5. The van der Waals surface area contributed by atoms with Crippen LogP contribution in [-0.4, -0.2) is 81.3 Å². The fourth-order valence-corrected chi connectivity index (χ4v) is 8.84. The molecule has 2 atom stereocenters. The number of pyridine rings is 1. The van der Waals surface area contributed by atoms with Crippen molar-refractivity contribution >= 4 is 22.8 Å². The molecule has 68 heavy (non-hydrogen) atoms. The first-order valence-electron chi connectivity index (χ1n) is 23.2. The van der Waals surface area contributed by atoms with E-state index < -0.39 is 17.7 Å². The second-order valence-electron chi connectivity index (χ2n) is 17.5. The summed E-state index contributed by atoms with van der Waals surface area (Å²) in [5.41, 5.74) is 2.65. The van der Waals surface area contributed by atoms with Crippen LogP contribution in [0.25, 0.3) is 10.9 Å². The van der Waals surface area contributed by atoms with Crippen molar-refractivity contribution in [3.05, 3.63) is 213 Å². The number of carbonyl (C=O) groups is 2. The number of fused-ring (bicyclic) bond motifs is 1. The number of likely N-dealkylation sites (tertiary alicyclic amines) is 1. The average Bonchev–Trinajstić information content (AvgIpc) is 3.38. The number of benzene rings is 6. The Balaban J connectivity index is 0.886. The summed E-state index contributed by atoms with van der Waals surface area (Å²) in [4.78, 5) is 46.9. The molecule has 1 fully saturated rings. The highest BCUT2D eigenvalue weighted by atomic mass is 16.5. The van der Waals surface area contributed by atoms with E-state index in [-0.39, 0.29) is 48.4 Å². The van der Waals surface area contributed by atoms with Crippen LogP contribution in [0.15, 0.2) is 169 Å². The number of esters is 1. The smallest absolute Gasteiger partial charge is 0.347 e. The predicted octanol–water partition coefficient (Wildman–Crippen LogP) is 7.86. The van der Waals surface area contributed by atoms with Crippen LogP contribution < -0.4 is 15.6 Å². The van der Waals surface area contributed by atoms with Gasteiger partial charge in [-0.2, -0.15) is 0 Å². The maximum absolute atomic E-state index is 14.2. The number of nitrogens with zero attached hydrogens (tertiary/aromatic N) is 2. The molecular formula is C56H58N4O8. The minimum atomic E-state index is -2.08. The van der Waals surface area contributed by atoms with Crippen LogP contribution in [0.1, 0.15) is 69.1 Å². The van der Waals surface area contributed by atoms with Gasteiger partial charge in [0.05, 0.1) is 18.2 Å². The second-order valence-corrected chi connectivity index (χ2v) is 17.5. The lowest BCUT2D eigenvalue weighted by molar-refractivity contribution is -0.164. The van der Waals surface area contributed by atoms with Crippen LogP contribution in [0.4, 0.5) is 0 Å². The van der Waals surface area contributed by atoms with E-state index in [2.05, 4.69) is 39.5 Å². The maximum atomic E-state index is 14.2. The lowest BCUT2D eigenvalue weighted by atomic mass is 9.86. The number of phenolic OH excluding ortho intramolecular Hbond substituents is 1. The first-order valence-corrected chi connectivity index (χ1v) is 23.2. The predicted molar refractivity (Wildman–Crippen MR) is 262 cm³/mol. The van der Waals surface area contributed by atoms with Crippen molar-refractivity contribution in [2.45, 2.75) is 50.7 Å². The van der Waals surface area contributed by atoms with E-state index in [0.29, 0.717) is 59.4 Å². The SMILES string of the molecule is O=C(c1cccc(COc2cccc([C@](O)(C(=O)OCC3CCN(Cc4ccccc4)CC3)c3ccccc3)c2)c1)N(CCCNC[C@H](O)c1ccc(O)c2[nH]c(=O)ccc12)Cc1ccccc1. The molecule has 0 spiro atoms. The van der Waals surface area contributed by atoms with E-state index in [9.17, 15) is 29.7 Å². The standard InChI is InChI=1S/C56H58N4O8/c61-50-25-23-48(49-24-26-52(63)58-53(49)50)51(62)35-57-29-12-30-60(37-41-15-6-2-7-16-41)54(64)44-18-10-17-43(33-44)39-67-47-22-11-21-46(34-47)56(66,45-19-8-3-9-20-45)55(65)68-38-42-27-31-59(32-28-42)36-40-13-4-1-5-14-40/h1-11,13-26,33-34,42,51,57,61-62,66H,12,27-32,35-39H2,(H,58,63)/t51-,56-/m0/s1. The second kappa shape index (κ2) is 22.6. The Labute approximate surface area is 396 Å². The molecule has 0 saturated carbocycles. The van der Waals surface area contributed by atoms with E-state index >= 15 is 0 Å². The molecule has 12 nitrogen and oxygen atoms in total. The molecule has 2 heterocycles. The minimum absolute atomic E-state index is 0.0710. The third-order valence-corrected chi connectivity index (χ3v) is 12.6. The Morgan fingerprint density at radius 2 is 1.46 bits per heavy atom. The summed E-state index contributed by atoms with van der Waals surface area (Å²) < 4.78 is 12.2. The van der Waals surface area contributed by atoms with E-state index in [1.165, 1.54) is 17.7 Å². The van der Waals surface area contributed by atoms with Gasteiger partial charge >= 0.3 is 5.97 Å². The van der Waals surface area contributed by atoms with Gasteiger partial charge < -0.3 is 40.0 Å². The molecule has 12 heteroatoms. The third-order valence-electron chi connectivity index (χ3n) is 12.6. The number of hydrogen-bond donors (Lipinski definition) is 5. The van der Waals surface area contributed by atoms with Crippen molar-refractivity contribution in [1.82, 2.24) is 20.1 Å². The number of piperidine rings is 1. The fourth-order valence-electron chi connectivity index (χ4n) is 8.84. The largest absolute Gasteiger partial charge is 0.506 e. The number of aromatic nitrogens is 1. The van der Waals surface area contributed by atoms with E-state index in [1.807, 2.05) is 60.7 Å². The summed E-state index contributed by atoms with van der Waals surface area (Å²) in [6.07, 6.45) is 1.48. The summed E-state index contributed by atoms with van der Waals surface area (Å²) >= 11 is 0. The van der Waals surface area contributed by atoms with Crippen LogP contribution in [0.5, 0.6) is 11.5 Å². The number of aliphatic hydroxyl groups excluding tert-OH is 1.